The molecule has 0 bridgehead atoms. The SMILES string of the molecule is CCOc1cccc2sc(N(CCCN(C)C)C(=O)c3cc(OC)cc(OC)c3)nc12.Cl. The van der Waals surface area contributed by atoms with Crippen molar-refractivity contribution in [2.24, 2.45) is 0 Å². The number of methoxy groups -OCH3 is 2. The van der Waals surface area contributed by atoms with Crippen LogP contribution in [0.25, 0.3) is 10.2 Å². The standard InChI is InChI=1S/C23H29N3O4S.ClH/c1-6-30-19-9-7-10-20-21(19)24-23(31-20)26(12-8-11-25(2)3)22(27)16-13-17(28-4)15-18(14-16)29-5;/h7,9-10,13-15H,6,8,11-12H2,1-5H3;1H. The van der Waals surface area contributed by atoms with E-state index in [0.717, 1.165) is 28.9 Å². The van der Waals surface area contributed by atoms with Gasteiger partial charge in [-0.1, -0.05) is 17.4 Å². The minimum Gasteiger partial charge on any atom is -0.497 e. The molecule has 1 amide bonds. The van der Waals surface area contributed by atoms with Crippen molar-refractivity contribution in [3.63, 3.8) is 0 Å². The second kappa shape index (κ2) is 11.9. The Hall–Kier alpha value is -2.55. The van der Waals surface area contributed by atoms with Crippen LogP contribution in [0.5, 0.6) is 17.2 Å². The van der Waals surface area contributed by atoms with Gasteiger partial charge in [-0.25, -0.2) is 4.98 Å². The number of hydrogen-bond donors (Lipinski definition) is 0. The molecule has 3 rings (SSSR count). The maximum absolute atomic E-state index is 13.6. The lowest BCUT2D eigenvalue weighted by atomic mass is 10.1. The number of para-hydroxylation sites is 1. The number of thiazole rings is 1. The van der Waals surface area contributed by atoms with Gasteiger partial charge in [-0.3, -0.25) is 9.69 Å². The minimum atomic E-state index is -0.145. The molecular weight excluding hydrogens is 450 g/mol. The molecule has 0 aliphatic carbocycles. The average Bonchev–Trinajstić information content (AvgIpc) is 3.20. The Balaban J connectivity index is 0.00000363. The van der Waals surface area contributed by atoms with Gasteiger partial charge in [0.25, 0.3) is 5.91 Å². The number of benzene rings is 2. The summed E-state index contributed by atoms with van der Waals surface area (Å²) in [5, 5.41) is 0.646. The summed E-state index contributed by atoms with van der Waals surface area (Å²) >= 11 is 1.49. The molecule has 2 aromatic carbocycles. The third-order valence-electron chi connectivity index (χ3n) is 4.73. The highest BCUT2D eigenvalue weighted by atomic mass is 35.5. The van der Waals surface area contributed by atoms with Gasteiger partial charge in [-0.15, -0.1) is 12.4 Å². The van der Waals surface area contributed by atoms with E-state index in [4.69, 9.17) is 19.2 Å². The zero-order valence-electron chi connectivity index (χ0n) is 19.1. The van der Waals surface area contributed by atoms with E-state index >= 15 is 0 Å². The quantitative estimate of drug-likeness (QED) is 0.418. The molecule has 1 aromatic heterocycles. The Labute approximate surface area is 199 Å². The molecule has 0 fully saturated rings. The number of ether oxygens (including phenoxy) is 3. The highest BCUT2D eigenvalue weighted by molar-refractivity contribution is 7.22. The van der Waals surface area contributed by atoms with Gasteiger partial charge in [0, 0.05) is 18.2 Å². The van der Waals surface area contributed by atoms with E-state index in [1.54, 1.807) is 37.3 Å². The molecule has 0 aliphatic heterocycles. The molecule has 1 heterocycles. The van der Waals surface area contributed by atoms with Gasteiger partial charge in [0.15, 0.2) is 5.13 Å². The molecule has 0 radical (unpaired) electrons. The van der Waals surface area contributed by atoms with Crippen LogP contribution >= 0.6 is 23.7 Å². The van der Waals surface area contributed by atoms with Crippen LogP contribution in [0.2, 0.25) is 0 Å². The number of anilines is 1. The Kier molecular flexibility index (Phi) is 9.56. The molecule has 9 heteroatoms. The third-order valence-corrected chi connectivity index (χ3v) is 5.78. The van der Waals surface area contributed by atoms with Crippen molar-refractivity contribution in [2.45, 2.75) is 13.3 Å². The van der Waals surface area contributed by atoms with E-state index in [1.165, 1.54) is 11.3 Å². The zero-order valence-corrected chi connectivity index (χ0v) is 20.7. The summed E-state index contributed by atoms with van der Waals surface area (Å²) in [6.45, 7) is 3.90. The summed E-state index contributed by atoms with van der Waals surface area (Å²) in [4.78, 5) is 22.2. The summed E-state index contributed by atoms with van der Waals surface area (Å²) in [7, 11) is 7.18. The number of hydrogen-bond acceptors (Lipinski definition) is 7. The van der Waals surface area contributed by atoms with Crippen molar-refractivity contribution in [1.29, 1.82) is 0 Å². The van der Waals surface area contributed by atoms with Gasteiger partial charge in [0.1, 0.15) is 22.8 Å². The first-order valence-electron chi connectivity index (χ1n) is 10.2. The van der Waals surface area contributed by atoms with Crippen molar-refractivity contribution in [3.05, 3.63) is 42.0 Å². The van der Waals surface area contributed by atoms with Crippen molar-refractivity contribution in [2.75, 3.05) is 52.9 Å². The number of carbonyl (C=O) groups is 1. The fourth-order valence-corrected chi connectivity index (χ4v) is 4.22. The predicted octanol–water partition coefficient (Wildman–Crippen LogP) is 4.73. The Morgan fingerprint density at radius 1 is 1.06 bits per heavy atom. The molecule has 0 N–H and O–H groups in total. The fourth-order valence-electron chi connectivity index (χ4n) is 3.21. The molecule has 0 unspecified atom stereocenters. The monoisotopic (exact) mass is 479 g/mol. The third kappa shape index (κ3) is 6.03. The first kappa shape index (κ1) is 25.7. The Bertz CT molecular complexity index is 1020. The van der Waals surface area contributed by atoms with Gasteiger partial charge >= 0.3 is 0 Å². The number of aromatic nitrogens is 1. The van der Waals surface area contributed by atoms with Gasteiger partial charge in [-0.05, 0) is 58.3 Å². The highest BCUT2D eigenvalue weighted by Crippen LogP contribution is 2.35. The van der Waals surface area contributed by atoms with Gasteiger partial charge in [-0.2, -0.15) is 0 Å². The van der Waals surface area contributed by atoms with Crippen molar-refractivity contribution < 1.29 is 19.0 Å². The van der Waals surface area contributed by atoms with E-state index in [9.17, 15) is 4.79 Å². The number of halogens is 1. The van der Waals surface area contributed by atoms with Gasteiger partial charge < -0.3 is 19.1 Å². The summed E-state index contributed by atoms with van der Waals surface area (Å²) < 4.78 is 17.4. The molecular formula is C23H30ClN3O4S. The first-order valence-corrected chi connectivity index (χ1v) is 11.0. The average molecular weight is 480 g/mol. The van der Waals surface area contributed by atoms with E-state index in [2.05, 4.69) is 4.90 Å². The van der Waals surface area contributed by atoms with Crippen LogP contribution in [0, 0.1) is 0 Å². The van der Waals surface area contributed by atoms with E-state index < -0.39 is 0 Å². The van der Waals surface area contributed by atoms with Crippen LogP contribution in [0.3, 0.4) is 0 Å². The second-order valence-electron chi connectivity index (χ2n) is 7.25. The topological polar surface area (TPSA) is 64.1 Å². The zero-order chi connectivity index (χ0) is 22.4. The molecule has 0 saturated heterocycles. The Morgan fingerprint density at radius 3 is 2.34 bits per heavy atom. The molecule has 0 atom stereocenters. The maximum atomic E-state index is 13.6. The number of fused-ring (bicyclic) bond motifs is 1. The summed E-state index contributed by atoms with van der Waals surface area (Å²) in [5.41, 5.74) is 1.27. The molecule has 0 saturated carbocycles. The van der Waals surface area contributed by atoms with E-state index in [0.29, 0.717) is 35.3 Å². The molecule has 0 aliphatic rings. The van der Waals surface area contributed by atoms with Gasteiger partial charge in [0.2, 0.25) is 0 Å². The summed E-state index contributed by atoms with van der Waals surface area (Å²) in [5.74, 6) is 1.72. The molecule has 0 spiro atoms. The smallest absolute Gasteiger partial charge is 0.260 e. The van der Waals surface area contributed by atoms with E-state index in [-0.39, 0.29) is 18.3 Å². The van der Waals surface area contributed by atoms with Crippen LogP contribution in [0.1, 0.15) is 23.7 Å². The summed E-state index contributed by atoms with van der Waals surface area (Å²) in [6.07, 6.45) is 0.814. The Morgan fingerprint density at radius 2 is 1.75 bits per heavy atom. The second-order valence-corrected chi connectivity index (χ2v) is 8.26. The van der Waals surface area contributed by atoms with Crippen molar-refractivity contribution in [1.82, 2.24) is 9.88 Å². The molecule has 7 nitrogen and oxygen atoms in total. The first-order chi connectivity index (χ1) is 15.0. The van der Waals surface area contributed by atoms with Crippen LogP contribution in [0.4, 0.5) is 5.13 Å². The molecule has 32 heavy (non-hydrogen) atoms. The normalized spacial score (nSPS) is 10.7. The minimum absolute atomic E-state index is 0. The van der Waals surface area contributed by atoms with Crippen molar-refractivity contribution in [3.8, 4) is 17.2 Å². The van der Waals surface area contributed by atoms with Crippen LogP contribution < -0.4 is 19.1 Å². The number of rotatable bonds is 10. The van der Waals surface area contributed by atoms with Crippen molar-refractivity contribution >= 4 is 45.0 Å². The molecule has 174 valence electrons. The number of amides is 1. The number of carbonyl (C=O) groups excluding carboxylic acids is 1. The van der Waals surface area contributed by atoms with E-state index in [1.807, 2.05) is 39.2 Å². The number of nitrogens with zero attached hydrogens (tertiary/aromatic N) is 3. The largest absolute Gasteiger partial charge is 0.497 e. The van der Waals surface area contributed by atoms with Crippen LogP contribution in [-0.4, -0.2) is 63.8 Å². The lowest BCUT2D eigenvalue weighted by molar-refractivity contribution is 0.0985. The maximum Gasteiger partial charge on any atom is 0.260 e. The summed E-state index contributed by atoms with van der Waals surface area (Å²) in [6, 6.07) is 11.0. The lowest BCUT2D eigenvalue weighted by Gasteiger charge is -2.21. The lowest BCUT2D eigenvalue weighted by Crippen LogP contribution is -2.33. The predicted molar refractivity (Wildman–Crippen MR) is 132 cm³/mol. The fraction of sp³-hybridized carbons (Fsp3) is 0.391. The van der Waals surface area contributed by atoms with Crippen LogP contribution in [-0.2, 0) is 0 Å². The van der Waals surface area contributed by atoms with Gasteiger partial charge in [0.05, 0.1) is 25.5 Å². The highest BCUT2D eigenvalue weighted by Gasteiger charge is 2.23. The molecule has 3 aromatic rings. The van der Waals surface area contributed by atoms with Crippen LogP contribution in [0.15, 0.2) is 36.4 Å².